The summed E-state index contributed by atoms with van der Waals surface area (Å²) in [6.45, 7) is 0.415. The van der Waals surface area contributed by atoms with Gasteiger partial charge in [-0.1, -0.05) is 6.07 Å². The summed E-state index contributed by atoms with van der Waals surface area (Å²) in [5.41, 5.74) is 3.09. The van der Waals surface area contributed by atoms with Crippen molar-refractivity contribution in [1.82, 2.24) is 5.32 Å². The van der Waals surface area contributed by atoms with Gasteiger partial charge in [-0.05, 0) is 23.8 Å². The lowest BCUT2D eigenvalue weighted by Crippen LogP contribution is -2.22. The van der Waals surface area contributed by atoms with Crippen LogP contribution >= 0.6 is 0 Å². The van der Waals surface area contributed by atoms with Crippen molar-refractivity contribution < 1.29 is 14.0 Å². The number of nitrogens with one attached hydrogen (secondary N) is 2. The van der Waals surface area contributed by atoms with Crippen LogP contribution in [0.25, 0.3) is 0 Å². The van der Waals surface area contributed by atoms with Crippen LogP contribution in [-0.2, 0) is 17.8 Å². The molecule has 1 aliphatic rings. The standard InChI is InChI=1S/C14H12N2O3/c17-13-6-10-1-2-11(5-12(10)16-13)14(18)15-7-9-3-4-19-8-9/h1-5,8H,6-7H2,(H,15,18)(H,16,17). The molecule has 1 aromatic carbocycles. The van der Waals surface area contributed by atoms with E-state index in [9.17, 15) is 9.59 Å². The lowest BCUT2D eigenvalue weighted by Gasteiger charge is -2.05. The molecule has 3 rings (SSSR count). The van der Waals surface area contributed by atoms with Crippen LogP contribution in [0.3, 0.4) is 0 Å². The lowest BCUT2D eigenvalue weighted by molar-refractivity contribution is -0.115. The number of carbonyl (C=O) groups is 2. The molecular weight excluding hydrogens is 244 g/mol. The van der Waals surface area contributed by atoms with E-state index >= 15 is 0 Å². The third kappa shape index (κ3) is 2.35. The smallest absolute Gasteiger partial charge is 0.251 e. The molecular formula is C14H12N2O3. The molecule has 0 bridgehead atoms. The predicted octanol–water partition coefficient (Wildman–Crippen LogP) is 1.70. The first-order valence-corrected chi connectivity index (χ1v) is 5.94. The molecule has 0 saturated heterocycles. The number of amides is 2. The summed E-state index contributed by atoms with van der Waals surface area (Å²) in [7, 11) is 0. The topological polar surface area (TPSA) is 71.3 Å². The quantitative estimate of drug-likeness (QED) is 0.878. The van der Waals surface area contributed by atoms with Gasteiger partial charge in [-0.3, -0.25) is 9.59 Å². The van der Waals surface area contributed by atoms with E-state index in [4.69, 9.17) is 4.42 Å². The Kier molecular flexibility index (Phi) is 2.79. The van der Waals surface area contributed by atoms with Crippen LogP contribution in [0.1, 0.15) is 21.5 Å². The third-order valence-electron chi connectivity index (χ3n) is 3.03. The number of hydrogen-bond acceptors (Lipinski definition) is 3. The number of anilines is 1. The van der Waals surface area contributed by atoms with E-state index in [2.05, 4.69) is 10.6 Å². The molecule has 2 amide bonds. The van der Waals surface area contributed by atoms with Crippen LogP contribution in [0.5, 0.6) is 0 Å². The fourth-order valence-electron chi connectivity index (χ4n) is 2.03. The molecule has 2 heterocycles. The minimum Gasteiger partial charge on any atom is -0.472 e. The molecule has 0 atom stereocenters. The van der Waals surface area contributed by atoms with Gasteiger partial charge in [0.15, 0.2) is 0 Å². The lowest BCUT2D eigenvalue weighted by atomic mass is 10.1. The monoisotopic (exact) mass is 256 g/mol. The van der Waals surface area contributed by atoms with E-state index < -0.39 is 0 Å². The highest BCUT2D eigenvalue weighted by Gasteiger charge is 2.18. The molecule has 5 heteroatoms. The summed E-state index contributed by atoms with van der Waals surface area (Å²) in [5, 5.41) is 5.52. The Morgan fingerprint density at radius 1 is 1.37 bits per heavy atom. The van der Waals surface area contributed by atoms with Gasteiger partial charge in [-0.2, -0.15) is 0 Å². The Bertz CT molecular complexity index is 632. The van der Waals surface area contributed by atoms with Gasteiger partial charge < -0.3 is 15.1 Å². The van der Waals surface area contributed by atoms with Crippen molar-refractivity contribution in [3.63, 3.8) is 0 Å². The van der Waals surface area contributed by atoms with Gasteiger partial charge in [-0.25, -0.2) is 0 Å². The molecule has 19 heavy (non-hydrogen) atoms. The summed E-state index contributed by atoms with van der Waals surface area (Å²) in [6.07, 6.45) is 3.53. The first-order chi connectivity index (χ1) is 9.22. The van der Waals surface area contributed by atoms with Gasteiger partial charge in [-0.15, -0.1) is 0 Å². The second-order valence-corrected chi connectivity index (χ2v) is 4.41. The Morgan fingerprint density at radius 3 is 3.05 bits per heavy atom. The van der Waals surface area contributed by atoms with Crippen molar-refractivity contribution in [2.24, 2.45) is 0 Å². The van der Waals surface area contributed by atoms with Crippen molar-refractivity contribution in [1.29, 1.82) is 0 Å². The van der Waals surface area contributed by atoms with Crippen LogP contribution in [-0.4, -0.2) is 11.8 Å². The molecule has 0 spiro atoms. The Hall–Kier alpha value is -2.56. The summed E-state index contributed by atoms with van der Waals surface area (Å²) in [4.78, 5) is 23.2. The summed E-state index contributed by atoms with van der Waals surface area (Å²) < 4.78 is 4.93. The molecule has 0 aliphatic carbocycles. The second kappa shape index (κ2) is 4.61. The number of rotatable bonds is 3. The van der Waals surface area contributed by atoms with Crippen molar-refractivity contribution in [3.8, 4) is 0 Å². The minimum absolute atomic E-state index is 0.0362. The van der Waals surface area contributed by atoms with Gasteiger partial charge in [0.25, 0.3) is 5.91 Å². The van der Waals surface area contributed by atoms with Crippen molar-refractivity contribution in [2.45, 2.75) is 13.0 Å². The second-order valence-electron chi connectivity index (χ2n) is 4.41. The highest BCUT2D eigenvalue weighted by atomic mass is 16.3. The molecule has 0 radical (unpaired) electrons. The normalized spacial score (nSPS) is 12.9. The highest BCUT2D eigenvalue weighted by molar-refractivity contribution is 6.02. The van der Waals surface area contributed by atoms with E-state index in [0.29, 0.717) is 18.5 Å². The molecule has 96 valence electrons. The number of fused-ring (bicyclic) bond motifs is 1. The Labute approximate surface area is 109 Å². The average Bonchev–Trinajstić information content (AvgIpc) is 3.02. The largest absolute Gasteiger partial charge is 0.472 e. The summed E-state index contributed by atoms with van der Waals surface area (Å²) in [6, 6.07) is 7.03. The van der Waals surface area contributed by atoms with E-state index in [0.717, 1.165) is 16.8 Å². The molecule has 0 fully saturated rings. The van der Waals surface area contributed by atoms with Crippen LogP contribution in [0.4, 0.5) is 5.69 Å². The fraction of sp³-hybridized carbons (Fsp3) is 0.143. The molecule has 2 aromatic rings. The van der Waals surface area contributed by atoms with Crippen molar-refractivity contribution >= 4 is 17.5 Å². The first-order valence-electron chi connectivity index (χ1n) is 5.94. The van der Waals surface area contributed by atoms with Crippen molar-refractivity contribution in [3.05, 3.63) is 53.5 Å². The third-order valence-corrected chi connectivity index (χ3v) is 3.03. The zero-order chi connectivity index (χ0) is 13.2. The highest BCUT2D eigenvalue weighted by Crippen LogP contribution is 2.23. The van der Waals surface area contributed by atoms with Crippen molar-refractivity contribution in [2.75, 3.05) is 5.32 Å². The Balaban J connectivity index is 1.70. The molecule has 0 saturated carbocycles. The average molecular weight is 256 g/mol. The molecule has 0 unspecified atom stereocenters. The SMILES string of the molecule is O=C1Cc2ccc(C(=O)NCc3ccoc3)cc2N1. The minimum atomic E-state index is -0.176. The Morgan fingerprint density at radius 2 is 2.26 bits per heavy atom. The van der Waals surface area contributed by atoms with Gasteiger partial charge >= 0.3 is 0 Å². The zero-order valence-electron chi connectivity index (χ0n) is 10.1. The van der Waals surface area contributed by atoms with Crippen LogP contribution in [0, 0.1) is 0 Å². The van der Waals surface area contributed by atoms with E-state index in [1.54, 1.807) is 36.8 Å². The van der Waals surface area contributed by atoms with E-state index in [1.165, 1.54) is 0 Å². The fourth-order valence-corrected chi connectivity index (χ4v) is 2.03. The van der Waals surface area contributed by atoms with Gasteiger partial charge in [0, 0.05) is 23.4 Å². The van der Waals surface area contributed by atoms with Gasteiger partial charge in [0.2, 0.25) is 5.91 Å². The molecule has 5 nitrogen and oxygen atoms in total. The summed E-state index contributed by atoms with van der Waals surface area (Å²) in [5.74, 6) is -0.212. The molecule has 2 N–H and O–H groups in total. The van der Waals surface area contributed by atoms with E-state index in [1.807, 2.05) is 0 Å². The van der Waals surface area contributed by atoms with E-state index in [-0.39, 0.29) is 11.8 Å². The van der Waals surface area contributed by atoms with Crippen LogP contribution < -0.4 is 10.6 Å². The number of carbonyl (C=O) groups excluding carboxylic acids is 2. The number of hydrogen-bond donors (Lipinski definition) is 2. The van der Waals surface area contributed by atoms with Crippen LogP contribution in [0.2, 0.25) is 0 Å². The van der Waals surface area contributed by atoms with Crippen LogP contribution in [0.15, 0.2) is 41.2 Å². The van der Waals surface area contributed by atoms with Gasteiger partial charge in [0.05, 0.1) is 18.9 Å². The molecule has 1 aliphatic heterocycles. The molecule has 1 aromatic heterocycles. The maximum atomic E-state index is 12.0. The predicted molar refractivity (Wildman–Crippen MR) is 68.7 cm³/mol. The summed E-state index contributed by atoms with van der Waals surface area (Å²) >= 11 is 0. The van der Waals surface area contributed by atoms with Gasteiger partial charge in [0.1, 0.15) is 0 Å². The zero-order valence-corrected chi connectivity index (χ0v) is 10.1. The maximum Gasteiger partial charge on any atom is 0.251 e. The maximum absolute atomic E-state index is 12.0. The number of furan rings is 1. The number of benzene rings is 1. The first kappa shape index (κ1) is 11.5.